The van der Waals surface area contributed by atoms with Gasteiger partial charge in [-0.3, -0.25) is 0 Å². The van der Waals surface area contributed by atoms with Crippen LogP contribution in [0.2, 0.25) is 5.02 Å². The van der Waals surface area contributed by atoms with Gasteiger partial charge >= 0.3 is 0 Å². The second-order valence-corrected chi connectivity index (χ2v) is 6.71. The zero-order valence-electron chi connectivity index (χ0n) is 12.3. The second kappa shape index (κ2) is 5.82. The van der Waals surface area contributed by atoms with E-state index in [0.29, 0.717) is 10.9 Å². The van der Waals surface area contributed by atoms with E-state index in [1.807, 2.05) is 31.2 Å². The molecule has 0 heterocycles. The summed E-state index contributed by atoms with van der Waals surface area (Å²) in [5.74, 6) is 0.431. The van der Waals surface area contributed by atoms with Crippen molar-refractivity contribution in [1.29, 1.82) is 0 Å². The molecule has 2 aromatic rings. The molecular formula is C19H21ClO. The standard InChI is InChI=1S/C19H21ClO/c1-19(21,16-9-11-17(20)12-10-16)13-15-7-4-6-14-5-2-3-8-18(14)15/h2-3,5,8-12,15,21H,4,6-7,13H2,1H3. The number of hydrogen-bond acceptors (Lipinski definition) is 1. The van der Waals surface area contributed by atoms with Crippen LogP contribution in [0.15, 0.2) is 48.5 Å². The lowest BCUT2D eigenvalue weighted by atomic mass is 9.75. The molecule has 2 heteroatoms. The van der Waals surface area contributed by atoms with Gasteiger partial charge in [-0.2, -0.15) is 0 Å². The highest BCUT2D eigenvalue weighted by molar-refractivity contribution is 6.30. The van der Waals surface area contributed by atoms with Crippen LogP contribution in [0.5, 0.6) is 0 Å². The Morgan fingerprint density at radius 2 is 1.86 bits per heavy atom. The maximum absolute atomic E-state index is 10.9. The monoisotopic (exact) mass is 300 g/mol. The van der Waals surface area contributed by atoms with Crippen molar-refractivity contribution in [3.8, 4) is 0 Å². The van der Waals surface area contributed by atoms with Crippen LogP contribution in [0.1, 0.15) is 48.8 Å². The van der Waals surface area contributed by atoms with Gasteiger partial charge in [0.1, 0.15) is 0 Å². The van der Waals surface area contributed by atoms with Gasteiger partial charge in [-0.05, 0) is 67.3 Å². The predicted octanol–water partition coefficient (Wildman–Crippen LogP) is 5.06. The lowest BCUT2D eigenvalue weighted by Gasteiger charge is -2.32. The molecule has 0 amide bonds. The Kier molecular flexibility index (Phi) is 4.05. The Hall–Kier alpha value is -1.31. The Morgan fingerprint density at radius 3 is 2.62 bits per heavy atom. The molecule has 2 aromatic carbocycles. The molecule has 21 heavy (non-hydrogen) atoms. The molecule has 0 saturated carbocycles. The lowest BCUT2D eigenvalue weighted by Crippen LogP contribution is -2.26. The molecule has 0 bridgehead atoms. The summed E-state index contributed by atoms with van der Waals surface area (Å²) in [7, 11) is 0. The summed E-state index contributed by atoms with van der Waals surface area (Å²) in [6.07, 6.45) is 4.28. The van der Waals surface area contributed by atoms with Gasteiger partial charge in [0.25, 0.3) is 0 Å². The van der Waals surface area contributed by atoms with Crippen LogP contribution < -0.4 is 0 Å². The summed E-state index contributed by atoms with van der Waals surface area (Å²) in [5.41, 5.74) is 2.98. The van der Waals surface area contributed by atoms with E-state index in [2.05, 4.69) is 24.3 Å². The fraction of sp³-hybridized carbons (Fsp3) is 0.368. The minimum Gasteiger partial charge on any atom is -0.385 e. The maximum Gasteiger partial charge on any atom is 0.0874 e. The van der Waals surface area contributed by atoms with Gasteiger partial charge in [0.15, 0.2) is 0 Å². The highest BCUT2D eigenvalue weighted by Gasteiger charge is 2.30. The van der Waals surface area contributed by atoms with E-state index >= 15 is 0 Å². The van der Waals surface area contributed by atoms with Crippen LogP contribution in [-0.2, 0) is 12.0 Å². The van der Waals surface area contributed by atoms with Crippen molar-refractivity contribution in [3.63, 3.8) is 0 Å². The summed E-state index contributed by atoms with van der Waals surface area (Å²) in [5, 5.41) is 11.6. The molecule has 0 spiro atoms. The maximum atomic E-state index is 10.9. The summed E-state index contributed by atoms with van der Waals surface area (Å²) in [6, 6.07) is 16.2. The summed E-state index contributed by atoms with van der Waals surface area (Å²) in [4.78, 5) is 0. The Balaban J connectivity index is 1.84. The number of aliphatic hydroxyl groups is 1. The van der Waals surface area contributed by atoms with Gasteiger partial charge in [-0.1, -0.05) is 48.0 Å². The molecule has 1 aliphatic rings. The average molecular weight is 301 g/mol. The molecule has 110 valence electrons. The molecule has 2 atom stereocenters. The van der Waals surface area contributed by atoms with Gasteiger partial charge in [0.2, 0.25) is 0 Å². The van der Waals surface area contributed by atoms with Crippen molar-refractivity contribution in [2.24, 2.45) is 0 Å². The van der Waals surface area contributed by atoms with Crippen LogP contribution in [0.3, 0.4) is 0 Å². The predicted molar refractivity (Wildman–Crippen MR) is 87.8 cm³/mol. The van der Waals surface area contributed by atoms with Crippen LogP contribution in [0.4, 0.5) is 0 Å². The molecule has 0 aliphatic heterocycles. The first-order chi connectivity index (χ1) is 10.1. The molecule has 0 fully saturated rings. The quantitative estimate of drug-likeness (QED) is 0.840. The summed E-state index contributed by atoms with van der Waals surface area (Å²) >= 11 is 5.94. The third-order valence-corrected chi connectivity index (χ3v) is 4.86. The topological polar surface area (TPSA) is 20.2 Å². The zero-order valence-corrected chi connectivity index (χ0v) is 13.1. The molecule has 1 aliphatic carbocycles. The van der Waals surface area contributed by atoms with E-state index in [1.54, 1.807) is 0 Å². The third-order valence-electron chi connectivity index (χ3n) is 4.60. The van der Waals surface area contributed by atoms with E-state index in [4.69, 9.17) is 11.6 Å². The van der Waals surface area contributed by atoms with E-state index in [-0.39, 0.29) is 0 Å². The average Bonchev–Trinajstić information content (AvgIpc) is 2.48. The highest BCUT2D eigenvalue weighted by Crippen LogP contribution is 2.40. The largest absolute Gasteiger partial charge is 0.385 e. The first-order valence-electron chi connectivity index (χ1n) is 7.62. The van der Waals surface area contributed by atoms with Crippen molar-refractivity contribution in [1.82, 2.24) is 0 Å². The van der Waals surface area contributed by atoms with Gasteiger partial charge in [0.05, 0.1) is 5.60 Å². The van der Waals surface area contributed by atoms with Gasteiger partial charge in [-0.15, -0.1) is 0 Å². The molecule has 0 saturated heterocycles. The van der Waals surface area contributed by atoms with Crippen molar-refractivity contribution in [3.05, 3.63) is 70.2 Å². The molecule has 0 aromatic heterocycles. The van der Waals surface area contributed by atoms with Gasteiger partial charge in [0, 0.05) is 5.02 Å². The minimum atomic E-state index is -0.820. The van der Waals surface area contributed by atoms with Crippen molar-refractivity contribution in [2.45, 2.75) is 44.1 Å². The zero-order chi connectivity index (χ0) is 14.9. The van der Waals surface area contributed by atoms with Crippen LogP contribution in [0, 0.1) is 0 Å². The summed E-state index contributed by atoms with van der Waals surface area (Å²) in [6.45, 7) is 1.91. The molecule has 1 nitrogen and oxygen atoms in total. The molecule has 2 unspecified atom stereocenters. The number of aryl methyl sites for hydroxylation is 1. The Labute approximate surface area is 131 Å². The smallest absolute Gasteiger partial charge is 0.0874 e. The van der Waals surface area contributed by atoms with Gasteiger partial charge in [-0.25, -0.2) is 0 Å². The highest BCUT2D eigenvalue weighted by atomic mass is 35.5. The van der Waals surface area contributed by atoms with Crippen molar-refractivity contribution < 1.29 is 5.11 Å². The van der Waals surface area contributed by atoms with E-state index in [1.165, 1.54) is 17.5 Å². The van der Waals surface area contributed by atoms with Crippen molar-refractivity contribution >= 4 is 11.6 Å². The Bertz CT molecular complexity index is 616. The molecule has 3 rings (SSSR count). The third kappa shape index (κ3) is 3.14. The number of rotatable bonds is 3. The summed E-state index contributed by atoms with van der Waals surface area (Å²) < 4.78 is 0. The Morgan fingerprint density at radius 1 is 1.14 bits per heavy atom. The molecule has 0 radical (unpaired) electrons. The normalized spacial score (nSPS) is 20.6. The molecular weight excluding hydrogens is 280 g/mol. The number of benzene rings is 2. The number of hydrogen-bond donors (Lipinski definition) is 1. The van der Waals surface area contributed by atoms with Crippen LogP contribution in [-0.4, -0.2) is 5.11 Å². The van der Waals surface area contributed by atoms with E-state index < -0.39 is 5.60 Å². The van der Waals surface area contributed by atoms with E-state index in [0.717, 1.165) is 24.8 Å². The number of fused-ring (bicyclic) bond motifs is 1. The second-order valence-electron chi connectivity index (χ2n) is 6.27. The number of halogens is 1. The van der Waals surface area contributed by atoms with E-state index in [9.17, 15) is 5.11 Å². The molecule has 1 N–H and O–H groups in total. The lowest BCUT2D eigenvalue weighted by molar-refractivity contribution is 0.0380. The van der Waals surface area contributed by atoms with Crippen molar-refractivity contribution in [2.75, 3.05) is 0 Å². The minimum absolute atomic E-state index is 0.431. The fourth-order valence-corrected chi connectivity index (χ4v) is 3.60. The fourth-order valence-electron chi connectivity index (χ4n) is 3.47. The van der Waals surface area contributed by atoms with Gasteiger partial charge < -0.3 is 5.11 Å². The van der Waals surface area contributed by atoms with Crippen LogP contribution >= 0.6 is 11.6 Å². The SMILES string of the molecule is CC(O)(CC1CCCc2ccccc21)c1ccc(Cl)cc1. The van der Waals surface area contributed by atoms with Crippen LogP contribution in [0.25, 0.3) is 0 Å². The first-order valence-corrected chi connectivity index (χ1v) is 8.00. The first kappa shape index (κ1) is 14.6.